The molecular weight excluding hydrogens is 320 g/mol. The molecule has 0 spiro atoms. The third-order valence-electron chi connectivity index (χ3n) is 3.07. The first kappa shape index (κ1) is 15.0. The van der Waals surface area contributed by atoms with Gasteiger partial charge in [0.05, 0.1) is 0 Å². The molecule has 0 saturated heterocycles. The molecule has 20 heavy (non-hydrogen) atoms. The Morgan fingerprint density at radius 2 is 2.20 bits per heavy atom. The number of aryl methyl sites for hydroxylation is 2. The van der Waals surface area contributed by atoms with Crippen LogP contribution in [-0.2, 0) is 19.6 Å². The Morgan fingerprint density at radius 3 is 2.90 bits per heavy atom. The van der Waals surface area contributed by atoms with Gasteiger partial charge in [-0.2, -0.15) is 5.10 Å². The van der Waals surface area contributed by atoms with Gasteiger partial charge >= 0.3 is 0 Å². The quantitative estimate of drug-likeness (QED) is 0.878. The molecule has 1 heterocycles. The number of halogens is 1. The highest BCUT2D eigenvalue weighted by molar-refractivity contribution is 9.10. The van der Waals surface area contributed by atoms with Crippen molar-refractivity contribution < 1.29 is 4.74 Å². The van der Waals surface area contributed by atoms with Gasteiger partial charge in [0.2, 0.25) is 0 Å². The van der Waals surface area contributed by atoms with E-state index in [1.807, 2.05) is 24.6 Å². The van der Waals surface area contributed by atoms with Crippen LogP contribution in [0, 0.1) is 6.92 Å². The van der Waals surface area contributed by atoms with Crippen molar-refractivity contribution >= 4 is 15.9 Å². The summed E-state index contributed by atoms with van der Waals surface area (Å²) >= 11 is 3.51. The molecule has 0 unspecified atom stereocenters. The summed E-state index contributed by atoms with van der Waals surface area (Å²) in [5, 5.41) is 4.14. The maximum Gasteiger partial charge on any atom is 0.164 e. The van der Waals surface area contributed by atoms with Crippen molar-refractivity contribution in [2.45, 2.75) is 33.4 Å². The fourth-order valence-corrected chi connectivity index (χ4v) is 2.77. The molecule has 0 fully saturated rings. The molecule has 2 aromatic rings. The largest absolute Gasteiger partial charge is 0.485 e. The van der Waals surface area contributed by atoms with E-state index in [4.69, 9.17) is 10.5 Å². The van der Waals surface area contributed by atoms with Crippen LogP contribution in [0.2, 0.25) is 0 Å². The average Bonchev–Trinajstić information content (AvgIpc) is 2.85. The summed E-state index contributed by atoms with van der Waals surface area (Å²) in [6, 6.07) is 4.10. The molecule has 1 aromatic heterocycles. The van der Waals surface area contributed by atoms with Gasteiger partial charge in [0.1, 0.15) is 18.7 Å². The van der Waals surface area contributed by atoms with Crippen LogP contribution in [0.3, 0.4) is 0 Å². The molecule has 0 atom stereocenters. The normalized spacial score (nSPS) is 10.8. The van der Waals surface area contributed by atoms with Gasteiger partial charge in [-0.25, -0.2) is 9.67 Å². The van der Waals surface area contributed by atoms with Crippen LogP contribution in [0.25, 0.3) is 0 Å². The zero-order valence-electron chi connectivity index (χ0n) is 11.8. The van der Waals surface area contributed by atoms with E-state index in [1.165, 1.54) is 0 Å². The van der Waals surface area contributed by atoms with E-state index in [2.05, 4.69) is 32.1 Å². The molecular formula is C14H19BrN4O. The molecule has 0 aliphatic rings. The fraction of sp³-hybridized carbons (Fsp3) is 0.429. The third-order valence-corrected chi connectivity index (χ3v) is 3.53. The maximum absolute atomic E-state index is 5.96. The summed E-state index contributed by atoms with van der Waals surface area (Å²) in [4.78, 5) is 4.22. The number of benzene rings is 1. The van der Waals surface area contributed by atoms with Crippen molar-refractivity contribution in [2.75, 3.05) is 6.54 Å². The van der Waals surface area contributed by atoms with E-state index >= 15 is 0 Å². The highest BCUT2D eigenvalue weighted by Crippen LogP contribution is 2.29. The molecule has 108 valence electrons. The van der Waals surface area contributed by atoms with Crippen LogP contribution >= 0.6 is 15.9 Å². The second kappa shape index (κ2) is 6.85. The monoisotopic (exact) mass is 338 g/mol. The minimum absolute atomic E-state index is 0.411. The molecule has 2 N–H and O–H groups in total. The number of hydrogen-bond donors (Lipinski definition) is 1. The number of rotatable bonds is 6. The Balaban J connectivity index is 2.20. The lowest BCUT2D eigenvalue weighted by Crippen LogP contribution is -2.10. The summed E-state index contributed by atoms with van der Waals surface area (Å²) in [7, 11) is 0. The van der Waals surface area contributed by atoms with Crippen LogP contribution in [0.4, 0.5) is 0 Å². The van der Waals surface area contributed by atoms with Crippen LogP contribution < -0.4 is 10.5 Å². The minimum Gasteiger partial charge on any atom is -0.485 e. The average molecular weight is 339 g/mol. The van der Waals surface area contributed by atoms with Gasteiger partial charge in [-0.3, -0.25) is 0 Å². The van der Waals surface area contributed by atoms with Crippen molar-refractivity contribution in [3.8, 4) is 5.75 Å². The number of hydrogen-bond acceptors (Lipinski definition) is 4. The van der Waals surface area contributed by atoms with Crippen molar-refractivity contribution in [1.82, 2.24) is 14.8 Å². The zero-order valence-corrected chi connectivity index (χ0v) is 13.4. The molecule has 0 bridgehead atoms. The van der Waals surface area contributed by atoms with E-state index in [0.717, 1.165) is 40.1 Å². The highest BCUT2D eigenvalue weighted by atomic mass is 79.9. The smallest absolute Gasteiger partial charge is 0.164 e. The number of aromatic nitrogens is 3. The molecule has 0 aliphatic heterocycles. The lowest BCUT2D eigenvalue weighted by atomic mass is 10.1. The SMILES string of the molecule is CCn1ncnc1COc1c(C)cc(Br)cc1CCN. The molecule has 5 nitrogen and oxygen atoms in total. The molecule has 1 aromatic carbocycles. The molecule has 2 rings (SSSR count). The van der Waals surface area contributed by atoms with Crippen molar-refractivity contribution in [1.29, 1.82) is 0 Å². The van der Waals surface area contributed by atoms with Gasteiger partial charge < -0.3 is 10.5 Å². The summed E-state index contributed by atoms with van der Waals surface area (Å²) in [6.45, 7) is 5.85. The number of nitrogens with zero attached hydrogens (tertiary/aromatic N) is 3. The van der Waals surface area contributed by atoms with Crippen molar-refractivity contribution in [2.24, 2.45) is 5.73 Å². The van der Waals surface area contributed by atoms with Gasteiger partial charge in [0.25, 0.3) is 0 Å². The highest BCUT2D eigenvalue weighted by Gasteiger charge is 2.11. The van der Waals surface area contributed by atoms with Crippen LogP contribution in [-0.4, -0.2) is 21.3 Å². The number of nitrogens with two attached hydrogens (primary N) is 1. The van der Waals surface area contributed by atoms with Gasteiger partial charge in [0, 0.05) is 11.0 Å². The Hall–Kier alpha value is -1.40. The first-order chi connectivity index (χ1) is 9.65. The van der Waals surface area contributed by atoms with Gasteiger partial charge in [0.15, 0.2) is 5.82 Å². The summed E-state index contributed by atoms with van der Waals surface area (Å²) < 4.78 is 8.84. The lowest BCUT2D eigenvalue weighted by Gasteiger charge is -2.14. The van der Waals surface area contributed by atoms with E-state index in [-0.39, 0.29) is 0 Å². The summed E-state index contributed by atoms with van der Waals surface area (Å²) in [5.74, 6) is 1.72. The Labute approximate surface area is 127 Å². The van der Waals surface area contributed by atoms with E-state index in [1.54, 1.807) is 6.33 Å². The third kappa shape index (κ3) is 3.37. The Bertz CT molecular complexity index is 583. The molecule has 6 heteroatoms. The van der Waals surface area contributed by atoms with E-state index < -0.39 is 0 Å². The summed E-state index contributed by atoms with van der Waals surface area (Å²) in [5.41, 5.74) is 7.87. The van der Waals surface area contributed by atoms with Gasteiger partial charge in [-0.05, 0) is 50.1 Å². The lowest BCUT2D eigenvalue weighted by molar-refractivity contribution is 0.282. The predicted molar refractivity (Wildman–Crippen MR) is 81.7 cm³/mol. The van der Waals surface area contributed by atoms with Crippen LogP contribution in [0.5, 0.6) is 5.75 Å². The Morgan fingerprint density at radius 1 is 1.40 bits per heavy atom. The predicted octanol–water partition coefficient (Wildman–Crippen LogP) is 2.45. The molecule has 0 saturated carbocycles. The maximum atomic E-state index is 5.96. The topological polar surface area (TPSA) is 66.0 Å². The molecule has 0 radical (unpaired) electrons. The Kier molecular flexibility index (Phi) is 5.14. The molecule has 0 amide bonds. The van der Waals surface area contributed by atoms with Gasteiger partial charge in [-0.15, -0.1) is 0 Å². The van der Waals surface area contributed by atoms with Crippen LogP contribution in [0.1, 0.15) is 23.9 Å². The summed E-state index contributed by atoms with van der Waals surface area (Å²) in [6.07, 6.45) is 2.34. The fourth-order valence-electron chi connectivity index (χ4n) is 2.15. The first-order valence-electron chi connectivity index (χ1n) is 6.64. The van der Waals surface area contributed by atoms with Crippen molar-refractivity contribution in [3.63, 3.8) is 0 Å². The number of ether oxygens (including phenoxy) is 1. The van der Waals surface area contributed by atoms with Crippen molar-refractivity contribution in [3.05, 3.63) is 39.9 Å². The standard InChI is InChI=1S/C14H19BrN4O/c1-3-19-13(17-9-18-19)8-20-14-10(2)6-12(15)7-11(14)4-5-16/h6-7,9H,3-5,8,16H2,1-2H3. The van der Waals surface area contributed by atoms with E-state index in [0.29, 0.717) is 13.2 Å². The second-order valence-corrected chi connectivity index (χ2v) is 5.45. The van der Waals surface area contributed by atoms with E-state index in [9.17, 15) is 0 Å². The molecule has 0 aliphatic carbocycles. The van der Waals surface area contributed by atoms with Crippen LogP contribution in [0.15, 0.2) is 22.9 Å². The van der Waals surface area contributed by atoms with Gasteiger partial charge in [-0.1, -0.05) is 15.9 Å². The minimum atomic E-state index is 0.411. The zero-order chi connectivity index (χ0) is 14.5. The first-order valence-corrected chi connectivity index (χ1v) is 7.43. The second-order valence-electron chi connectivity index (χ2n) is 4.53.